The predicted molar refractivity (Wildman–Crippen MR) is 72.4 cm³/mol. The fourth-order valence-electron chi connectivity index (χ4n) is 3.43. The molecule has 1 fully saturated rings. The van der Waals surface area contributed by atoms with Gasteiger partial charge in [-0.05, 0) is 25.8 Å². The fraction of sp³-hybridized carbons (Fsp3) is 0.786. The number of methoxy groups -OCH3 is 1. The van der Waals surface area contributed by atoms with Crippen LogP contribution in [-0.4, -0.2) is 29.5 Å². The molecule has 1 aliphatic rings. The van der Waals surface area contributed by atoms with Gasteiger partial charge in [-0.25, -0.2) is 0 Å². The van der Waals surface area contributed by atoms with E-state index < -0.39 is 0 Å². The molecular formula is C14H25N3O. The quantitative estimate of drug-likeness (QED) is 0.892. The van der Waals surface area contributed by atoms with Gasteiger partial charge in [0, 0.05) is 25.9 Å². The summed E-state index contributed by atoms with van der Waals surface area (Å²) in [5.74, 6) is 0.728. The zero-order chi connectivity index (χ0) is 13.2. The van der Waals surface area contributed by atoms with Gasteiger partial charge in [0.15, 0.2) is 0 Å². The smallest absolute Gasteiger partial charge is 0.0876 e. The summed E-state index contributed by atoms with van der Waals surface area (Å²) in [5, 5.41) is 7.72. The third kappa shape index (κ3) is 2.45. The van der Waals surface area contributed by atoms with Crippen LogP contribution in [-0.2, 0) is 11.8 Å². The Kier molecular flexibility index (Phi) is 4.07. The molecule has 1 aliphatic carbocycles. The molecule has 0 saturated heterocycles. The van der Waals surface area contributed by atoms with Crippen LogP contribution in [0.5, 0.6) is 0 Å². The Morgan fingerprint density at radius 3 is 2.89 bits per heavy atom. The highest BCUT2D eigenvalue weighted by Gasteiger charge is 2.42. The molecule has 102 valence electrons. The predicted octanol–water partition coefficient (Wildman–Crippen LogP) is 2.28. The molecule has 0 bridgehead atoms. The molecule has 18 heavy (non-hydrogen) atoms. The maximum Gasteiger partial charge on any atom is 0.0876 e. The molecule has 0 amide bonds. The van der Waals surface area contributed by atoms with Crippen molar-refractivity contribution in [3.8, 4) is 0 Å². The van der Waals surface area contributed by atoms with Crippen LogP contribution in [0.1, 0.15) is 44.2 Å². The highest BCUT2D eigenvalue weighted by molar-refractivity contribution is 5.17. The number of hydrogen-bond donors (Lipinski definition) is 1. The molecule has 3 atom stereocenters. The summed E-state index contributed by atoms with van der Waals surface area (Å²) in [4.78, 5) is 0. The number of rotatable bonds is 4. The zero-order valence-corrected chi connectivity index (χ0v) is 11.9. The second-order valence-corrected chi connectivity index (χ2v) is 5.64. The molecule has 0 aliphatic heterocycles. The number of aromatic nitrogens is 2. The lowest BCUT2D eigenvalue weighted by atomic mass is 9.73. The Bertz CT molecular complexity index is 390. The number of ether oxygens (including phenoxy) is 1. The molecule has 0 spiro atoms. The van der Waals surface area contributed by atoms with Gasteiger partial charge >= 0.3 is 0 Å². The third-order valence-corrected chi connectivity index (χ3v) is 4.27. The molecule has 2 rings (SSSR count). The van der Waals surface area contributed by atoms with Gasteiger partial charge in [-0.3, -0.25) is 4.68 Å². The molecule has 1 aromatic rings. The molecule has 0 radical (unpaired) electrons. The normalized spacial score (nSPS) is 30.3. The van der Waals surface area contributed by atoms with E-state index in [-0.39, 0.29) is 11.6 Å². The second kappa shape index (κ2) is 5.41. The van der Waals surface area contributed by atoms with E-state index in [1.807, 2.05) is 32.1 Å². The van der Waals surface area contributed by atoms with Gasteiger partial charge in [0.25, 0.3) is 0 Å². The third-order valence-electron chi connectivity index (χ3n) is 4.27. The molecular weight excluding hydrogens is 226 g/mol. The summed E-state index contributed by atoms with van der Waals surface area (Å²) in [7, 11) is 5.82. The van der Waals surface area contributed by atoms with E-state index in [2.05, 4.69) is 23.5 Å². The van der Waals surface area contributed by atoms with Crippen molar-refractivity contribution in [3.05, 3.63) is 18.0 Å². The van der Waals surface area contributed by atoms with Crippen LogP contribution >= 0.6 is 0 Å². The largest absolute Gasteiger partial charge is 0.376 e. The highest BCUT2D eigenvalue weighted by Crippen LogP contribution is 2.42. The van der Waals surface area contributed by atoms with Crippen molar-refractivity contribution >= 4 is 0 Å². The summed E-state index contributed by atoms with van der Waals surface area (Å²) >= 11 is 0. The molecule has 1 heterocycles. The van der Waals surface area contributed by atoms with Crippen molar-refractivity contribution in [2.24, 2.45) is 13.0 Å². The molecule has 0 aromatic carbocycles. The minimum Gasteiger partial charge on any atom is -0.376 e. The van der Waals surface area contributed by atoms with Crippen molar-refractivity contribution in [1.82, 2.24) is 15.1 Å². The average molecular weight is 251 g/mol. The minimum atomic E-state index is -0.0878. The Hall–Kier alpha value is -0.870. The van der Waals surface area contributed by atoms with E-state index in [1.54, 1.807) is 0 Å². The molecule has 4 heteroatoms. The minimum absolute atomic E-state index is 0.0878. The molecule has 3 unspecified atom stereocenters. The van der Waals surface area contributed by atoms with E-state index in [1.165, 1.54) is 18.4 Å². The zero-order valence-electron chi connectivity index (χ0n) is 11.9. The number of nitrogens with zero attached hydrogens (tertiary/aromatic N) is 2. The van der Waals surface area contributed by atoms with Crippen LogP contribution in [0.25, 0.3) is 0 Å². The topological polar surface area (TPSA) is 39.1 Å². The van der Waals surface area contributed by atoms with Gasteiger partial charge in [0.1, 0.15) is 0 Å². The van der Waals surface area contributed by atoms with E-state index in [4.69, 9.17) is 4.74 Å². The maximum absolute atomic E-state index is 5.97. The first kappa shape index (κ1) is 13.6. The van der Waals surface area contributed by atoms with Crippen molar-refractivity contribution in [1.29, 1.82) is 0 Å². The summed E-state index contributed by atoms with van der Waals surface area (Å²) in [6, 6.07) is 0.221. The van der Waals surface area contributed by atoms with Crippen molar-refractivity contribution in [2.45, 2.75) is 44.2 Å². The number of nitrogens with one attached hydrogen (secondary N) is 1. The van der Waals surface area contributed by atoms with E-state index in [9.17, 15) is 0 Å². The summed E-state index contributed by atoms with van der Waals surface area (Å²) in [6.07, 6.45) is 8.82. The Labute approximate surface area is 110 Å². The van der Waals surface area contributed by atoms with Crippen LogP contribution in [0.15, 0.2) is 12.4 Å². The molecule has 4 nitrogen and oxygen atoms in total. The second-order valence-electron chi connectivity index (χ2n) is 5.64. The first-order valence-electron chi connectivity index (χ1n) is 6.82. The van der Waals surface area contributed by atoms with E-state index in [0.29, 0.717) is 0 Å². The Balaban J connectivity index is 2.28. The summed E-state index contributed by atoms with van der Waals surface area (Å²) < 4.78 is 7.82. The van der Waals surface area contributed by atoms with Crippen molar-refractivity contribution in [3.63, 3.8) is 0 Å². The first-order chi connectivity index (χ1) is 8.61. The van der Waals surface area contributed by atoms with Crippen molar-refractivity contribution in [2.75, 3.05) is 14.2 Å². The van der Waals surface area contributed by atoms with Crippen molar-refractivity contribution < 1.29 is 4.74 Å². The lowest BCUT2D eigenvalue weighted by molar-refractivity contribution is -0.0790. The number of hydrogen-bond acceptors (Lipinski definition) is 3. The van der Waals surface area contributed by atoms with Gasteiger partial charge in [0.05, 0.1) is 17.8 Å². The van der Waals surface area contributed by atoms with Gasteiger partial charge in [0.2, 0.25) is 0 Å². The van der Waals surface area contributed by atoms with Gasteiger partial charge < -0.3 is 10.1 Å². The maximum atomic E-state index is 5.97. The van der Waals surface area contributed by atoms with E-state index in [0.717, 1.165) is 18.8 Å². The van der Waals surface area contributed by atoms with Crippen LogP contribution in [0.4, 0.5) is 0 Å². The van der Waals surface area contributed by atoms with Crippen LogP contribution in [0, 0.1) is 5.92 Å². The van der Waals surface area contributed by atoms with Gasteiger partial charge in [-0.1, -0.05) is 19.8 Å². The van der Waals surface area contributed by atoms with Crippen LogP contribution in [0.3, 0.4) is 0 Å². The summed E-state index contributed by atoms with van der Waals surface area (Å²) in [6.45, 7) is 2.32. The Morgan fingerprint density at radius 1 is 1.61 bits per heavy atom. The van der Waals surface area contributed by atoms with Gasteiger partial charge in [-0.15, -0.1) is 0 Å². The van der Waals surface area contributed by atoms with Gasteiger partial charge in [-0.2, -0.15) is 5.10 Å². The molecule has 1 N–H and O–H groups in total. The van der Waals surface area contributed by atoms with Crippen LogP contribution in [0.2, 0.25) is 0 Å². The van der Waals surface area contributed by atoms with Crippen LogP contribution < -0.4 is 5.32 Å². The fourth-order valence-corrected chi connectivity index (χ4v) is 3.43. The monoisotopic (exact) mass is 251 g/mol. The summed E-state index contributed by atoms with van der Waals surface area (Å²) in [5.41, 5.74) is 1.13. The number of likely N-dealkylation sites (N-methyl/N-ethyl adjacent to an activating group) is 1. The molecule has 1 aromatic heterocycles. The van der Waals surface area contributed by atoms with E-state index >= 15 is 0 Å². The first-order valence-corrected chi connectivity index (χ1v) is 6.82. The lowest BCUT2D eigenvalue weighted by Crippen LogP contribution is -2.47. The SMILES string of the molecule is CNC(c1cnn(C)c1)C1(OC)CCCC(C)C1. The highest BCUT2D eigenvalue weighted by atomic mass is 16.5. The Morgan fingerprint density at radius 2 is 2.39 bits per heavy atom. The average Bonchev–Trinajstić information content (AvgIpc) is 2.76. The lowest BCUT2D eigenvalue weighted by Gasteiger charge is -2.44. The molecule has 1 saturated carbocycles. The standard InChI is InChI=1S/C14H25N3O/c1-11-6-5-7-14(8-11,18-4)13(15-2)12-9-16-17(3)10-12/h9-11,13,15H,5-8H2,1-4H3. The number of aryl methyl sites for hydroxylation is 1.